The van der Waals surface area contributed by atoms with Crippen molar-refractivity contribution in [3.05, 3.63) is 29.3 Å². The fraction of sp³-hybridized carbons (Fsp3) is 0.500. The van der Waals surface area contributed by atoms with Gasteiger partial charge >= 0.3 is 0 Å². The van der Waals surface area contributed by atoms with E-state index in [0.29, 0.717) is 11.5 Å². The molecule has 2 rings (SSSR count). The highest BCUT2D eigenvalue weighted by molar-refractivity contribution is 9.09. The molecule has 3 nitrogen and oxygen atoms in total. The third-order valence-corrected chi connectivity index (χ3v) is 4.42. The molecule has 1 amide bonds. The SMILES string of the molecule is Cc1ccc(C(=O)N2CCC(CBr)CC2)c(O)c1. The summed E-state index contributed by atoms with van der Waals surface area (Å²) in [5.41, 5.74) is 1.37. The monoisotopic (exact) mass is 311 g/mol. The molecular formula is C14H18BrNO2. The normalized spacial score (nSPS) is 16.9. The summed E-state index contributed by atoms with van der Waals surface area (Å²) in [5, 5.41) is 10.8. The molecule has 0 bridgehead atoms. The van der Waals surface area contributed by atoms with Crippen molar-refractivity contribution in [3.8, 4) is 5.75 Å². The summed E-state index contributed by atoms with van der Waals surface area (Å²) in [6.45, 7) is 3.46. The molecule has 1 heterocycles. The van der Waals surface area contributed by atoms with Crippen molar-refractivity contribution >= 4 is 21.8 Å². The average molecular weight is 312 g/mol. The Morgan fingerprint density at radius 1 is 1.44 bits per heavy atom. The molecule has 1 aromatic rings. The van der Waals surface area contributed by atoms with E-state index in [4.69, 9.17) is 0 Å². The average Bonchev–Trinajstić information content (AvgIpc) is 2.38. The minimum absolute atomic E-state index is 0.0551. The number of carbonyl (C=O) groups excluding carboxylic acids is 1. The van der Waals surface area contributed by atoms with Crippen LogP contribution in [-0.4, -0.2) is 34.3 Å². The smallest absolute Gasteiger partial charge is 0.257 e. The molecule has 0 radical (unpaired) electrons. The Balaban J connectivity index is 2.08. The van der Waals surface area contributed by atoms with Crippen LogP contribution in [0, 0.1) is 12.8 Å². The molecule has 1 saturated heterocycles. The number of amides is 1. The molecule has 0 saturated carbocycles. The summed E-state index contributed by atoms with van der Waals surface area (Å²) < 4.78 is 0. The van der Waals surface area contributed by atoms with Crippen LogP contribution in [0.3, 0.4) is 0 Å². The topological polar surface area (TPSA) is 40.5 Å². The fourth-order valence-corrected chi connectivity index (χ4v) is 2.93. The van der Waals surface area contributed by atoms with E-state index in [1.807, 2.05) is 17.9 Å². The molecule has 1 aromatic carbocycles. The number of carbonyl (C=O) groups is 1. The maximum Gasteiger partial charge on any atom is 0.257 e. The predicted molar refractivity (Wildman–Crippen MR) is 75.3 cm³/mol. The van der Waals surface area contributed by atoms with Gasteiger partial charge in [-0.1, -0.05) is 22.0 Å². The van der Waals surface area contributed by atoms with Gasteiger partial charge in [-0.15, -0.1) is 0 Å². The van der Waals surface area contributed by atoms with Gasteiger partial charge in [-0.25, -0.2) is 0 Å². The first-order valence-corrected chi connectivity index (χ1v) is 7.39. The van der Waals surface area contributed by atoms with Crippen LogP contribution >= 0.6 is 15.9 Å². The van der Waals surface area contributed by atoms with E-state index in [-0.39, 0.29) is 11.7 Å². The number of hydrogen-bond donors (Lipinski definition) is 1. The molecule has 0 aliphatic carbocycles. The molecule has 4 heteroatoms. The minimum atomic E-state index is -0.0551. The maximum absolute atomic E-state index is 12.3. The van der Waals surface area contributed by atoms with E-state index in [1.165, 1.54) is 0 Å². The lowest BCUT2D eigenvalue weighted by molar-refractivity contribution is 0.0696. The van der Waals surface area contributed by atoms with Crippen LogP contribution in [0.1, 0.15) is 28.8 Å². The molecule has 0 spiro atoms. The molecular weight excluding hydrogens is 294 g/mol. The van der Waals surface area contributed by atoms with Gasteiger partial charge in [-0.05, 0) is 43.4 Å². The van der Waals surface area contributed by atoms with Gasteiger partial charge < -0.3 is 10.0 Å². The van der Waals surface area contributed by atoms with Crippen LogP contribution in [0.4, 0.5) is 0 Å². The van der Waals surface area contributed by atoms with E-state index in [0.717, 1.165) is 36.8 Å². The van der Waals surface area contributed by atoms with Gasteiger partial charge in [0.05, 0.1) is 5.56 Å². The number of hydrogen-bond acceptors (Lipinski definition) is 2. The Labute approximate surface area is 116 Å². The maximum atomic E-state index is 12.3. The molecule has 18 heavy (non-hydrogen) atoms. The number of piperidine rings is 1. The van der Waals surface area contributed by atoms with Gasteiger partial charge in [0.15, 0.2) is 0 Å². The number of aromatic hydroxyl groups is 1. The summed E-state index contributed by atoms with van der Waals surface area (Å²) in [5.74, 6) is 0.698. The number of alkyl halides is 1. The van der Waals surface area contributed by atoms with Crippen LogP contribution < -0.4 is 0 Å². The lowest BCUT2D eigenvalue weighted by atomic mass is 9.98. The Hall–Kier alpha value is -1.03. The number of likely N-dealkylation sites (tertiary alicyclic amines) is 1. The van der Waals surface area contributed by atoms with Crippen LogP contribution in [0.2, 0.25) is 0 Å². The first-order chi connectivity index (χ1) is 8.61. The summed E-state index contributed by atoms with van der Waals surface area (Å²) >= 11 is 3.49. The second-order valence-corrected chi connectivity index (χ2v) is 5.56. The van der Waals surface area contributed by atoms with Gasteiger partial charge in [0.2, 0.25) is 0 Å². The second-order valence-electron chi connectivity index (χ2n) is 4.91. The van der Waals surface area contributed by atoms with Gasteiger partial charge in [0.1, 0.15) is 5.75 Å². The summed E-state index contributed by atoms with van der Waals surface area (Å²) in [4.78, 5) is 14.1. The second kappa shape index (κ2) is 5.74. The van der Waals surface area contributed by atoms with Crippen molar-refractivity contribution in [1.29, 1.82) is 0 Å². The van der Waals surface area contributed by atoms with Gasteiger partial charge in [0.25, 0.3) is 5.91 Å². The highest BCUT2D eigenvalue weighted by Crippen LogP contribution is 2.24. The molecule has 1 fully saturated rings. The van der Waals surface area contributed by atoms with Gasteiger partial charge in [0, 0.05) is 18.4 Å². The van der Waals surface area contributed by atoms with Crippen molar-refractivity contribution < 1.29 is 9.90 Å². The van der Waals surface area contributed by atoms with Crippen LogP contribution in [0.5, 0.6) is 5.75 Å². The standard InChI is InChI=1S/C14H18BrNO2/c1-10-2-3-12(13(17)8-10)14(18)16-6-4-11(9-15)5-7-16/h2-3,8,11,17H,4-7,9H2,1H3. The van der Waals surface area contributed by atoms with E-state index < -0.39 is 0 Å². The Morgan fingerprint density at radius 3 is 2.67 bits per heavy atom. The number of aryl methyl sites for hydroxylation is 1. The Kier molecular flexibility index (Phi) is 4.27. The zero-order valence-electron chi connectivity index (χ0n) is 10.5. The minimum Gasteiger partial charge on any atom is -0.507 e. The van der Waals surface area contributed by atoms with Crippen LogP contribution in [0.15, 0.2) is 18.2 Å². The van der Waals surface area contributed by atoms with Crippen LogP contribution in [0.25, 0.3) is 0 Å². The van der Waals surface area contributed by atoms with E-state index in [1.54, 1.807) is 12.1 Å². The number of phenols is 1. The lowest BCUT2D eigenvalue weighted by Gasteiger charge is -2.31. The van der Waals surface area contributed by atoms with E-state index in [2.05, 4.69) is 15.9 Å². The molecule has 0 atom stereocenters. The third-order valence-electron chi connectivity index (χ3n) is 3.50. The molecule has 1 N–H and O–H groups in total. The Bertz CT molecular complexity index is 439. The summed E-state index contributed by atoms with van der Waals surface area (Å²) in [6.07, 6.45) is 2.06. The first-order valence-electron chi connectivity index (χ1n) is 6.26. The summed E-state index contributed by atoms with van der Waals surface area (Å²) in [7, 11) is 0. The third kappa shape index (κ3) is 2.86. The quantitative estimate of drug-likeness (QED) is 0.853. The van der Waals surface area contributed by atoms with Crippen molar-refractivity contribution in [2.45, 2.75) is 19.8 Å². The van der Waals surface area contributed by atoms with Crippen molar-refractivity contribution in [3.63, 3.8) is 0 Å². The molecule has 0 aromatic heterocycles. The van der Waals surface area contributed by atoms with E-state index in [9.17, 15) is 9.90 Å². The van der Waals surface area contributed by atoms with Crippen molar-refractivity contribution in [1.82, 2.24) is 4.90 Å². The highest BCUT2D eigenvalue weighted by Gasteiger charge is 2.24. The summed E-state index contributed by atoms with van der Waals surface area (Å²) in [6, 6.07) is 5.21. The van der Waals surface area contributed by atoms with Gasteiger partial charge in [-0.2, -0.15) is 0 Å². The number of halogens is 1. The molecule has 98 valence electrons. The van der Waals surface area contributed by atoms with Crippen molar-refractivity contribution in [2.24, 2.45) is 5.92 Å². The number of phenolic OH excluding ortho intramolecular Hbond substituents is 1. The first kappa shape index (κ1) is 13.4. The number of rotatable bonds is 2. The Morgan fingerprint density at radius 2 is 2.11 bits per heavy atom. The highest BCUT2D eigenvalue weighted by atomic mass is 79.9. The number of nitrogens with zero attached hydrogens (tertiary/aromatic N) is 1. The lowest BCUT2D eigenvalue weighted by Crippen LogP contribution is -2.38. The molecule has 0 unspecified atom stereocenters. The molecule has 1 aliphatic heterocycles. The zero-order valence-corrected chi connectivity index (χ0v) is 12.1. The molecule has 1 aliphatic rings. The zero-order chi connectivity index (χ0) is 13.1. The van der Waals surface area contributed by atoms with Gasteiger partial charge in [-0.3, -0.25) is 4.79 Å². The van der Waals surface area contributed by atoms with Crippen LogP contribution in [-0.2, 0) is 0 Å². The predicted octanol–water partition coefficient (Wildman–Crippen LogP) is 2.95. The van der Waals surface area contributed by atoms with E-state index >= 15 is 0 Å². The number of benzene rings is 1. The fourth-order valence-electron chi connectivity index (χ4n) is 2.28. The largest absolute Gasteiger partial charge is 0.507 e. The van der Waals surface area contributed by atoms with Crippen molar-refractivity contribution in [2.75, 3.05) is 18.4 Å².